The highest BCUT2D eigenvalue weighted by atomic mass is 19.1. The molecule has 0 spiro atoms. The Morgan fingerprint density at radius 3 is 0.774 bits per heavy atom. The number of fused-ring (bicyclic) bond motifs is 1. The summed E-state index contributed by atoms with van der Waals surface area (Å²) in [6, 6.07) is 24.3. The average molecular weight is 1600 g/mol. The Labute approximate surface area is 665 Å². The fraction of sp³-hybridized carbons (Fsp3) is 0.494. The molecule has 614 valence electrons. The van der Waals surface area contributed by atoms with E-state index in [0.717, 1.165) is 0 Å². The highest BCUT2D eigenvalue weighted by Gasteiger charge is 2.40. The molecule has 0 radical (unpaired) electrons. The van der Waals surface area contributed by atoms with Crippen molar-refractivity contribution in [2.45, 2.75) is 194 Å². The molecule has 8 unspecified atom stereocenters. The number of ether oxygens (including phenoxy) is 12. The van der Waals surface area contributed by atoms with Gasteiger partial charge in [0, 0.05) is 81.9 Å². The Morgan fingerprint density at radius 2 is 0.548 bits per heavy atom. The molecule has 24 nitrogen and oxygen atoms in total. The van der Waals surface area contributed by atoms with Gasteiger partial charge in [-0.3, -0.25) is 58.0 Å². The summed E-state index contributed by atoms with van der Waals surface area (Å²) in [4.78, 5) is 106. The molecule has 8 heterocycles. The molecule has 8 atom stereocenters. The van der Waals surface area contributed by atoms with Crippen LogP contribution in [-0.2, 0) is 66.7 Å². The van der Waals surface area contributed by atoms with E-state index >= 15 is 17.6 Å². The number of carbonyl (C=O) groups is 8. The lowest BCUT2D eigenvalue weighted by Crippen LogP contribution is -2.32. The zero-order valence-electron chi connectivity index (χ0n) is 65.6. The third-order valence-electron chi connectivity index (χ3n) is 23.1. The Bertz CT molecular complexity index is 4170. The van der Waals surface area contributed by atoms with E-state index in [-0.39, 0.29) is 199 Å². The molecule has 28 heteroatoms. The number of benzene rings is 5. The van der Waals surface area contributed by atoms with Gasteiger partial charge in [0.2, 0.25) is 0 Å². The van der Waals surface area contributed by atoms with Crippen LogP contribution < -0.4 is 18.9 Å². The lowest BCUT2D eigenvalue weighted by Gasteiger charge is -2.34. The molecule has 0 aromatic heterocycles. The number of unbranched alkanes of at least 4 members (excludes halogenated alkanes) is 4. The van der Waals surface area contributed by atoms with Gasteiger partial charge in [-0.05, 0) is 210 Å². The fourth-order valence-electron chi connectivity index (χ4n) is 15.6. The van der Waals surface area contributed by atoms with E-state index in [1.807, 2.05) is 0 Å². The quantitative estimate of drug-likeness (QED) is 0.0200. The molecular formula is C87H98F4N4O20. The summed E-state index contributed by atoms with van der Waals surface area (Å²) in [5.74, 6) is -5.55. The second kappa shape index (κ2) is 37.6. The summed E-state index contributed by atoms with van der Waals surface area (Å²) in [5, 5.41) is 0. The van der Waals surface area contributed by atoms with Crippen molar-refractivity contribution in [3.8, 4) is 23.0 Å². The molecule has 8 aliphatic rings. The van der Waals surface area contributed by atoms with Crippen LogP contribution in [0.15, 0.2) is 131 Å². The van der Waals surface area contributed by atoms with E-state index in [1.165, 1.54) is 68.1 Å². The molecule has 0 bridgehead atoms. The summed E-state index contributed by atoms with van der Waals surface area (Å²) in [6.07, 6.45) is 2.82. The molecule has 4 saturated heterocycles. The van der Waals surface area contributed by atoms with E-state index in [4.69, 9.17) is 56.8 Å². The Hall–Kier alpha value is -9.52. The number of hydrogen-bond donors (Lipinski definition) is 0. The summed E-state index contributed by atoms with van der Waals surface area (Å²) < 4.78 is 139. The zero-order valence-corrected chi connectivity index (χ0v) is 65.6. The molecule has 5 aromatic carbocycles. The number of halogens is 4. The minimum absolute atomic E-state index is 0.0934. The number of rotatable bonds is 40. The van der Waals surface area contributed by atoms with Gasteiger partial charge >= 0.3 is 0 Å². The van der Waals surface area contributed by atoms with Crippen molar-refractivity contribution in [2.75, 3.05) is 79.0 Å². The van der Waals surface area contributed by atoms with Crippen LogP contribution in [0, 0.1) is 28.7 Å². The monoisotopic (exact) mass is 1590 g/mol. The summed E-state index contributed by atoms with van der Waals surface area (Å²) in [6.45, 7) is 11.4. The standard InChI is InChI=1S/C87H98F4N4O20/c1-51-52(2)76(97)92(75(51)96)35-13-9-17-61-47-108-83(112-61)57-23-27-71(67(88)43-57)104-39-31-87(32-40-105-72-28-24-58(44-68(72)89)84-109-48-62(113-84)18-10-14-36-93-77(98)53(3)54(4)78(93)99,33-41-106-73-29-25-59(45-69(73)90)85-110-49-63(114-85)19-11-15-37-94-79(100)55(5)56(6)80(94)101)34-42-107-74-30-26-60(46-70(74)91)86-111-50-64(115-86)20-12-16-38-95-81(102)65-21-7-8-22-66(65)82(95)103/h7-8,21-30,43-46,61-64,83-86H,9-20,31-42,47-50H2,1-6H3. The van der Waals surface area contributed by atoms with Gasteiger partial charge < -0.3 is 56.8 Å². The first-order valence-electron chi connectivity index (χ1n) is 39.8. The van der Waals surface area contributed by atoms with Gasteiger partial charge in [0.1, 0.15) is 0 Å². The first-order chi connectivity index (χ1) is 55.4. The van der Waals surface area contributed by atoms with E-state index in [2.05, 4.69) is 0 Å². The molecule has 13 rings (SSSR count). The second-order valence-corrected chi connectivity index (χ2v) is 30.7. The van der Waals surface area contributed by atoms with E-state index in [9.17, 15) is 38.4 Å². The van der Waals surface area contributed by atoms with Crippen LogP contribution in [0.2, 0.25) is 0 Å². The molecule has 0 N–H and O–H groups in total. The predicted molar refractivity (Wildman–Crippen MR) is 405 cm³/mol. The van der Waals surface area contributed by atoms with Gasteiger partial charge in [0.15, 0.2) is 71.4 Å². The van der Waals surface area contributed by atoms with Crippen LogP contribution in [0.25, 0.3) is 0 Å². The summed E-state index contributed by atoms with van der Waals surface area (Å²) in [7, 11) is 0. The Balaban J connectivity index is 0.669. The summed E-state index contributed by atoms with van der Waals surface area (Å²) >= 11 is 0. The first-order valence-corrected chi connectivity index (χ1v) is 39.8. The van der Waals surface area contributed by atoms with Gasteiger partial charge in [-0.15, -0.1) is 0 Å². The van der Waals surface area contributed by atoms with Crippen molar-refractivity contribution in [3.05, 3.63) is 187 Å². The Kier molecular flexibility index (Phi) is 27.3. The highest BCUT2D eigenvalue weighted by Crippen LogP contribution is 2.41. The van der Waals surface area contributed by atoms with Crippen LogP contribution in [0.4, 0.5) is 17.6 Å². The first kappa shape index (κ1) is 83.4. The van der Waals surface area contributed by atoms with Gasteiger partial charge in [-0.2, -0.15) is 0 Å². The largest absolute Gasteiger partial charge is 0.490 e. The zero-order chi connectivity index (χ0) is 81.2. The topological polar surface area (TPSA) is 260 Å². The average Bonchev–Trinajstić information content (AvgIpc) is 1.64. The van der Waals surface area contributed by atoms with Crippen LogP contribution in [-0.4, -0.2) is 170 Å². The fourth-order valence-corrected chi connectivity index (χ4v) is 15.6. The number of nitrogens with zero attached hydrogens (tertiary/aromatic N) is 4. The number of imide groups is 4. The molecule has 0 saturated carbocycles. The molecule has 4 fully saturated rings. The van der Waals surface area contributed by atoms with Gasteiger partial charge in [-0.1, -0.05) is 36.4 Å². The van der Waals surface area contributed by atoms with E-state index < -0.39 is 53.8 Å². The number of hydrogen-bond acceptors (Lipinski definition) is 20. The SMILES string of the molecule is CC1=C(C)C(=O)N(CCCCC2COC(c3ccc(OCCC(CCOc4ccc(C5OCC(CCCCN6C(=O)C(C)=C(C)C6=O)O5)cc4F)(CCOc4ccc(C5OCC(CCCCN6C(=O)C(C)=C(C)C6=O)O5)cc4F)CCOc4ccc(C5OCC(CCCCN6C(=O)c7ccccc7C6=O)O5)cc4F)c(F)c3)O2)C1=O. The maximum absolute atomic E-state index is 16.4. The van der Waals surface area contributed by atoms with Crippen molar-refractivity contribution < 1.29 is 113 Å². The lowest BCUT2D eigenvalue weighted by molar-refractivity contribution is -0.139. The lowest BCUT2D eigenvalue weighted by atomic mass is 9.76. The minimum Gasteiger partial charge on any atom is -0.490 e. The van der Waals surface area contributed by atoms with Crippen molar-refractivity contribution >= 4 is 47.3 Å². The van der Waals surface area contributed by atoms with Crippen LogP contribution >= 0.6 is 0 Å². The Morgan fingerprint density at radius 1 is 0.322 bits per heavy atom. The maximum atomic E-state index is 16.4. The summed E-state index contributed by atoms with van der Waals surface area (Å²) in [5.41, 5.74) is 4.10. The van der Waals surface area contributed by atoms with Crippen molar-refractivity contribution in [1.29, 1.82) is 0 Å². The molecule has 0 aliphatic carbocycles. The molecule has 115 heavy (non-hydrogen) atoms. The number of amides is 8. The normalized spacial score (nSPS) is 23.0. The highest BCUT2D eigenvalue weighted by molar-refractivity contribution is 6.22. The van der Waals surface area contributed by atoms with Gasteiger partial charge in [-0.25, -0.2) is 17.6 Å². The van der Waals surface area contributed by atoms with Crippen LogP contribution in [0.5, 0.6) is 23.0 Å². The molecular weight excluding hydrogens is 1500 g/mol. The maximum Gasteiger partial charge on any atom is 0.261 e. The number of carbonyl (C=O) groups excluding carboxylic acids is 8. The molecule has 8 aliphatic heterocycles. The predicted octanol–water partition coefficient (Wildman–Crippen LogP) is 14.2. The minimum atomic E-state index is -0.983. The van der Waals surface area contributed by atoms with Gasteiger partial charge in [0.05, 0.1) is 88.4 Å². The molecule has 5 aromatic rings. The third-order valence-corrected chi connectivity index (χ3v) is 23.1. The van der Waals surface area contributed by atoms with Crippen molar-refractivity contribution in [1.82, 2.24) is 19.6 Å². The van der Waals surface area contributed by atoms with E-state index in [0.29, 0.717) is 144 Å². The van der Waals surface area contributed by atoms with Crippen molar-refractivity contribution in [2.24, 2.45) is 5.41 Å². The second-order valence-electron chi connectivity index (χ2n) is 30.7. The van der Waals surface area contributed by atoms with E-state index in [1.54, 1.807) is 90.1 Å². The smallest absolute Gasteiger partial charge is 0.261 e. The van der Waals surface area contributed by atoms with Crippen LogP contribution in [0.3, 0.4) is 0 Å². The third kappa shape index (κ3) is 19.5. The molecule has 8 amide bonds. The van der Waals surface area contributed by atoms with Crippen molar-refractivity contribution in [3.63, 3.8) is 0 Å². The van der Waals surface area contributed by atoms with Crippen LogP contribution in [0.1, 0.15) is 212 Å². The van der Waals surface area contributed by atoms with Gasteiger partial charge in [0.25, 0.3) is 47.3 Å².